The molecule has 0 saturated heterocycles. The maximum Gasteiger partial charge on any atom is 0.269 e. The number of para-hydroxylation sites is 1. The van der Waals surface area contributed by atoms with Crippen molar-refractivity contribution in [2.45, 2.75) is 0 Å². The Labute approximate surface area is 103 Å². The fraction of sp³-hybridized carbons (Fsp3) is 0. The van der Waals surface area contributed by atoms with Crippen LogP contribution in [0.1, 0.15) is 5.56 Å². The van der Waals surface area contributed by atoms with Gasteiger partial charge in [0.2, 0.25) is 0 Å². The Morgan fingerprint density at radius 3 is 2.39 bits per heavy atom. The second-order valence-electron chi connectivity index (χ2n) is 3.46. The molecule has 0 aromatic heterocycles. The van der Waals surface area contributed by atoms with Crippen molar-refractivity contribution in [1.29, 1.82) is 5.26 Å². The van der Waals surface area contributed by atoms with Gasteiger partial charge >= 0.3 is 0 Å². The normalized spacial score (nSPS) is 9.50. The molecule has 5 nitrogen and oxygen atoms in total. The van der Waals surface area contributed by atoms with Gasteiger partial charge in [0.1, 0.15) is 17.6 Å². The van der Waals surface area contributed by atoms with Gasteiger partial charge in [-0.25, -0.2) is 0 Å². The lowest BCUT2D eigenvalue weighted by Crippen LogP contribution is -1.90. The average molecular weight is 240 g/mol. The zero-order valence-corrected chi connectivity index (χ0v) is 9.24. The van der Waals surface area contributed by atoms with Crippen LogP contribution in [0, 0.1) is 21.4 Å². The average Bonchev–Trinajstić information content (AvgIpc) is 2.40. The fourth-order valence-corrected chi connectivity index (χ4v) is 1.41. The summed E-state index contributed by atoms with van der Waals surface area (Å²) in [6, 6.07) is 14.5. The molecule has 0 N–H and O–H groups in total. The molecule has 0 atom stereocenters. The van der Waals surface area contributed by atoms with Gasteiger partial charge in [-0.1, -0.05) is 12.1 Å². The van der Waals surface area contributed by atoms with E-state index in [1.807, 2.05) is 6.07 Å². The number of nitro groups is 1. The fourth-order valence-electron chi connectivity index (χ4n) is 1.41. The summed E-state index contributed by atoms with van der Waals surface area (Å²) in [5.74, 6) is 0.872. The number of nitrogens with zero attached hydrogens (tertiary/aromatic N) is 2. The minimum Gasteiger partial charge on any atom is -0.456 e. The first-order valence-electron chi connectivity index (χ1n) is 5.12. The third kappa shape index (κ3) is 2.44. The molecular formula is C13H8N2O3. The number of benzene rings is 2. The third-order valence-electron chi connectivity index (χ3n) is 2.28. The van der Waals surface area contributed by atoms with Gasteiger partial charge in [-0.15, -0.1) is 0 Å². The molecule has 0 bridgehead atoms. The summed E-state index contributed by atoms with van der Waals surface area (Å²) < 4.78 is 5.49. The van der Waals surface area contributed by atoms with E-state index in [0.717, 1.165) is 0 Å². The Hall–Kier alpha value is -2.87. The monoisotopic (exact) mass is 240 g/mol. The molecule has 5 heteroatoms. The molecule has 2 aromatic carbocycles. The Morgan fingerprint density at radius 1 is 1.11 bits per heavy atom. The number of nitriles is 1. The van der Waals surface area contributed by atoms with Crippen molar-refractivity contribution in [1.82, 2.24) is 0 Å². The molecule has 2 rings (SSSR count). The van der Waals surface area contributed by atoms with Crippen molar-refractivity contribution >= 4 is 5.69 Å². The third-order valence-corrected chi connectivity index (χ3v) is 2.28. The molecule has 0 aliphatic carbocycles. The van der Waals surface area contributed by atoms with E-state index >= 15 is 0 Å². The predicted molar refractivity (Wildman–Crippen MR) is 64.3 cm³/mol. The first kappa shape index (κ1) is 11.6. The Balaban J connectivity index is 2.24. The van der Waals surface area contributed by atoms with Crippen LogP contribution in [0.3, 0.4) is 0 Å². The van der Waals surface area contributed by atoms with E-state index in [2.05, 4.69) is 0 Å². The van der Waals surface area contributed by atoms with Crippen LogP contribution >= 0.6 is 0 Å². The van der Waals surface area contributed by atoms with E-state index in [0.29, 0.717) is 17.1 Å². The summed E-state index contributed by atoms with van der Waals surface area (Å²) in [5.41, 5.74) is 0.409. The summed E-state index contributed by atoms with van der Waals surface area (Å²) in [4.78, 5) is 10.0. The summed E-state index contributed by atoms with van der Waals surface area (Å²) in [5, 5.41) is 19.4. The van der Waals surface area contributed by atoms with Crippen LogP contribution in [-0.4, -0.2) is 4.92 Å². The molecule has 2 aromatic rings. The first-order valence-corrected chi connectivity index (χ1v) is 5.12. The van der Waals surface area contributed by atoms with Crippen molar-refractivity contribution in [2.24, 2.45) is 0 Å². The van der Waals surface area contributed by atoms with Crippen molar-refractivity contribution < 1.29 is 9.66 Å². The minimum atomic E-state index is -0.479. The molecular weight excluding hydrogens is 232 g/mol. The zero-order chi connectivity index (χ0) is 13.0. The number of rotatable bonds is 3. The van der Waals surface area contributed by atoms with Crippen molar-refractivity contribution in [3.63, 3.8) is 0 Å². The topological polar surface area (TPSA) is 76.2 Å². The highest BCUT2D eigenvalue weighted by atomic mass is 16.6. The van der Waals surface area contributed by atoms with Gasteiger partial charge in [-0.3, -0.25) is 10.1 Å². The summed E-state index contributed by atoms with van der Waals surface area (Å²) in [6.07, 6.45) is 0. The maximum atomic E-state index is 10.5. The Kier molecular flexibility index (Phi) is 3.21. The molecule has 0 heterocycles. The highest BCUT2D eigenvalue weighted by Gasteiger charge is 2.06. The molecule has 0 fully saturated rings. The van der Waals surface area contributed by atoms with Gasteiger partial charge < -0.3 is 4.74 Å². The standard InChI is InChI=1S/C13H8N2O3/c14-9-10-3-1-2-4-13(10)18-12-7-5-11(6-8-12)15(16)17/h1-8H. The van der Waals surface area contributed by atoms with Gasteiger partial charge in [0.05, 0.1) is 10.5 Å². The van der Waals surface area contributed by atoms with Crippen molar-refractivity contribution in [3.8, 4) is 17.6 Å². The number of hydrogen-bond donors (Lipinski definition) is 0. The van der Waals surface area contributed by atoms with E-state index in [9.17, 15) is 10.1 Å². The number of hydrogen-bond acceptors (Lipinski definition) is 4. The predicted octanol–water partition coefficient (Wildman–Crippen LogP) is 3.26. The van der Waals surface area contributed by atoms with E-state index in [1.165, 1.54) is 24.3 Å². The van der Waals surface area contributed by atoms with E-state index < -0.39 is 4.92 Å². The second kappa shape index (κ2) is 4.97. The van der Waals surface area contributed by atoms with Gasteiger partial charge in [-0.05, 0) is 24.3 Å². The van der Waals surface area contributed by atoms with Gasteiger partial charge in [0, 0.05) is 12.1 Å². The molecule has 0 saturated carbocycles. The van der Waals surface area contributed by atoms with E-state index in [1.54, 1.807) is 24.3 Å². The lowest BCUT2D eigenvalue weighted by molar-refractivity contribution is -0.384. The molecule has 0 aliphatic heterocycles. The number of nitro benzene ring substituents is 1. The molecule has 0 amide bonds. The summed E-state index contributed by atoms with van der Waals surface area (Å²) in [7, 11) is 0. The number of ether oxygens (including phenoxy) is 1. The molecule has 0 radical (unpaired) electrons. The zero-order valence-electron chi connectivity index (χ0n) is 9.24. The lowest BCUT2D eigenvalue weighted by Gasteiger charge is -2.06. The molecule has 0 aliphatic rings. The summed E-state index contributed by atoms with van der Waals surface area (Å²) >= 11 is 0. The van der Waals surface area contributed by atoms with Crippen molar-refractivity contribution in [2.75, 3.05) is 0 Å². The van der Waals surface area contributed by atoms with Crippen molar-refractivity contribution in [3.05, 3.63) is 64.2 Å². The van der Waals surface area contributed by atoms with Crippen LogP contribution in [0.4, 0.5) is 5.69 Å². The molecule has 0 spiro atoms. The summed E-state index contributed by atoms with van der Waals surface area (Å²) in [6.45, 7) is 0. The van der Waals surface area contributed by atoms with Crippen LogP contribution in [0.5, 0.6) is 11.5 Å². The lowest BCUT2D eigenvalue weighted by atomic mass is 10.2. The van der Waals surface area contributed by atoms with Gasteiger partial charge in [0.15, 0.2) is 0 Å². The SMILES string of the molecule is N#Cc1ccccc1Oc1ccc([N+](=O)[O-])cc1. The maximum absolute atomic E-state index is 10.5. The molecule has 88 valence electrons. The van der Waals surface area contributed by atoms with Crippen LogP contribution < -0.4 is 4.74 Å². The van der Waals surface area contributed by atoms with Crippen LogP contribution in [0.15, 0.2) is 48.5 Å². The highest BCUT2D eigenvalue weighted by Crippen LogP contribution is 2.26. The smallest absolute Gasteiger partial charge is 0.269 e. The van der Waals surface area contributed by atoms with Gasteiger partial charge in [-0.2, -0.15) is 5.26 Å². The molecule has 18 heavy (non-hydrogen) atoms. The first-order chi connectivity index (χ1) is 8.70. The highest BCUT2D eigenvalue weighted by molar-refractivity contribution is 5.46. The number of non-ortho nitro benzene ring substituents is 1. The van der Waals surface area contributed by atoms with Crippen LogP contribution in [-0.2, 0) is 0 Å². The van der Waals surface area contributed by atoms with Crippen LogP contribution in [0.25, 0.3) is 0 Å². The van der Waals surface area contributed by atoms with Crippen LogP contribution in [0.2, 0.25) is 0 Å². The quantitative estimate of drug-likeness (QED) is 0.609. The largest absolute Gasteiger partial charge is 0.456 e. The minimum absolute atomic E-state index is 0.00378. The van der Waals surface area contributed by atoms with Gasteiger partial charge in [0.25, 0.3) is 5.69 Å². The molecule has 0 unspecified atom stereocenters. The van der Waals surface area contributed by atoms with E-state index in [-0.39, 0.29) is 5.69 Å². The Morgan fingerprint density at radius 2 is 1.78 bits per heavy atom. The Bertz CT molecular complexity index is 615. The van der Waals surface area contributed by atoms with E-state index in [4.69, 9.17) is 10.00 Å². The second-order valence-corrected chi connectivity index (χ2v) is 3.46.